The zero-order valence-electron chi connectivity index (χ0n) is 14.6. The fourth-order valence-corrected chi connectivity index (χ4v) is 3.42. The minimum Gasteiger partial charge on any atom is -0.465 e. The summed E-state index contributed by atoms with van der Waals surface area (Å²) < 4.78 is 49.9. The van der Waals surface area contributed by atoms with E-state index in [4.69, 9.17) is 4.18 Å². The molecule has 0 radical (unpaired) electrons. The van der Waals surface area contributed by atoms with Crippen molar-refractivity contribution in [1.82, 2.24) is 4.57 Å². The first kappa shape index (κ1) is 19.2. The maximum atomic E-state index is 13.4. The van der Waals surface area contributed by atoms with Gasteiger partial charge >= 0.3 is 5.97 Å². The van der Waals surface area contributed by atoms with Gasteiger partial charge in [-0.3, -0.25) is 4.79 Å². The highest BCUT2D eigenvalue weighted by Crippen LogP contribution is 2.48. The number of hydrogen-bond donors (Lipinski definition) is 0. The number of esters is 1. The number of carbonyl (C=O) groups is 1. The average molecular weight is 397 g/mol. The Morgan fingerprint density at radius 3 is 2.41 bits per heavy atom. The Morgan fingerprint density at radius 2 is 1.89 bits per heavy atom. The van der Waals surface area contributed by atoms with Crippen LogP contribution >= 0.6 is 0 Å². The molecule has 1 fully saturated rings. The number of benzene rings is 1. The molecule has 1 aromatic heterocycles. The molecule has 0 saturated heterocycles. The van der Waals surface area contributed by atoms with Crippen molar-refractivity contribution < 1.29 is 26.7 Å². The molecule has 1 unspecified atom stereocenters. The first-order valence-electron chi connectivity index (χ1n) is 8.09. The van der Waals surface area contributed by atoms with Gasteiger partial charge in [-0.1, -0.05) is 17.7 Å². The highest BCUT2D eigenvalue weighted by atomic mass is 32.2. The van der Waals surface area contributed by atoms with E-state index in [-0.39, 0.29) is 24.2 Å². The first-order valence-corrected chi connectivity index (χ1v) is 9.16. The zero-order chi connectivity index (χ0) is 19.8. The molecule has 1 saturated carbocycles. The SMILES string of the molecule is COC(=O)c1cn(C2(C(F)F)CC2)c(=O)cc1OS(=O)c1ccc(C)cc1. The molecule has 9 heteroatoms. The monoisotopic (exact) mass is 397 g/mol. The molecule has 0 bridgehead atoms. The fraction of sp³-hybridized carbons (Fsp3) is 0.333. The summed E-state index contributed by atoms with van der Waals surface area (Å²) in [6, 6.07) is 7.52. The van der Waals surface area contributed by atoms with E-state index in [1.54, 1.807) is 24.3 Å². The Hall–Kier alpha value is -2.55. The van der Waals surface area contributed by atoms with Crippen molar-refractivity contribution in [3.05, 3.63) is 58.0 Å². The molecule has 3 rings (SSSR count). The number of aryl methyl sites for hydroxylation is 1. The summed E-state index contributed by atoms with van der Waals surface area (Å²) in [5.41, 5.74) is -1.68. The van der Waals surface area contributed by atoms with Gasteiger partial charge in [0.15, 0.2) is 5.75 Å². The lowest BCUT2D eigenvalue weighted by molar-refractivity contribution is 0.0576. The van der Waals surface area contributed by atoms with Crippen LogP contribution in [-0.2, 0) is 21.4 Å². The fourth-order valence-electron chi connectivity index (χ4n) is 2.67. The Balaban J connectivity index is 2.01. The second-order valence-electron chi connectivity index (χ2n) is 6.29. The molecule has 1 aliphatic rings. The van der Waals surface area contributed by atoms with Crippen molar-refractivity contribution in [3.63, 3.8) is 0 Å². The largest absolute Gasteiger partial charge is 0.465 e. The van der Waals surface area contributed by atoms with Crippen molar-refractivity contribution in [2.75, 3.05) is 7.11 Å². The van der Waals surface area contributed by atoms with Crippen molar-refractivity contribution in [2.45, 2.75) is 36.6 Å². The highest BCUT2D eigenvalue weighted by molar-refractivity contribution is 7.80. The number of nitrogens with zero attached hydrogens (tertiary/aromatic N) is 1. The van der Waals surface area contributed by atoms with Crippen LogP contribution in [-0.4, -0.2) is 28.3 Å². The molecule has 0 N–H and O–H groups in total. The lowest BCUT2D eigenvalue weighted by Gasteiger charge is -2.19. The van der Waals surface area contributed by atoms with E-state index in [1.165, 1.54) is 0 Å². The van der Waals surface area contributed by atoms with E-state index in [2.05, 4.69) is 4.74 Å². The van der Waals surface area contributed by atoms with Crippen molar-refractivity contribution >= 4 is 17.0 Å². The predicted octanol–water partition coefficient (Wildman–Crippen LogP) is 2.80. The van der Waals surface area contributed by atoms with E-state index < -0.39 is 34.6 Å². The zero-order valence-corrected chi connectivity index (χ0v) is 15.4. The van der Waals surface area contributed by atoms with Crippen LogP contribution in [0.25, 0.3) is 0 Å². The van der Waals surface area contributed by atoms with Crippen LogP contribution in [0.2, 0.25) is 0 Å². The average Bonchev–Trinajstić information content (AvgIpc) is 3.43. The molecule has 1 heterocycles. The van der Waals surface area contributed by atoms with Crippen molar-refractivity contribution in [1.29, 1.82) is 0 Å². The number of carbonyl (C=O) groups excluding carboxylic acids is 1. The van der Waals surface area contributed by atoms with Crippen LogP contribution in [0.5, 0.6) is 5.75 Å². The van der Waals surface area contributed by atoms with Gasteiger partial charge < -0.3 is 13.5 Å². The minimum absolute atomic E-state index is 0.126. The summed E-state index contributed by atoms with van der Waals surface area (Å²) in [6.07, 6.45) is -1.51. The Kier molecular flexibility index (Phi) is 5.14. The van der Waals surface area contributed by atoms with Crippen molar-refractivity contribution in [2.24, 2.45) is 0 Å². The molecule has 6 nitrogen and oxygen atoms in total. The van der Waals surface area contributed by atoms with Gasteiger partial charge in [0.2, 0.25) is 11.1 Å². The summed E-state index contributed by atoms with van der Waals surface area (Å²) in [5.74, 6) is -1.17. The maximum Gasteiger partial charge on any atom is 0.343 e. The van der Waals surface area contributed by atoms with Gasteiger partial charge in [-0.2, -0.15) is 0 Å². The lowest BCUT2D eigenvalue weighted by atomic mass is 10.2. The lowest BCUT2D eigenvalue weighted by Crippen LogP contribution is -2.36. The van der Waals surface area contributed by atoms with Crippen LogP contribution in [0, 0.1) is 6.92 Å². The molecule has 144 valence electrons. The summed E-state index contributed by atoms with van der Waals surface area (Å²) in [4.78, 5) is 24.8. The third-order valence-electron chi connectivity index (χ3n) is 4.45. The van der Waals surface area contributed by atoms with Gasteiger partial charge in [0, 0.05) is 12.3 Å². The third-order valence-corrected chi connectivity index (χ3v) is 5.44. The highest BCUT2D eigenvalue weighted by Gasteiger charge is 2.53. The third kappa shape index (κ3) is 3.64. The van der Waals surface area contributed by atoms with Crippen LogP contribution in [0.15, 0.2) is 46.2 Å². The number of halogens is 2. The molecular formula is C18H17F2NO5S. The molecule has 1 aliphatic carbocycles. The number of pyridine rings is 1. The second-order valence-corrected chi connectivity index (χ2v) is 7.39. The summed E-state index contributed by atoms with van der Waals surface area (Å²) in [5, 5.41) is 0. The molecule has 1 aromatic carbocycles. The Labute approximate surface area is 156 Å². The molecule has 27 heavy (non-hydrogen) atoms. The summed E-state index contributed by atoms with van der Waals surface area (Å²) in [6.45, 7) is 1.86. The summed E-state index contributed by atoms with van der Waals surface area (Å²) >= 11 is -2.00. The predicted molar refractivity (Wildman–Crippen MR) is 93.5 cm³/mol. The number of alkyl halides is 2. The van der Waals surface area contributed by atoms with Crippen molar-refractivity contribution in [3.8, 4) is 5.75 Å². The number of rotatable bonds is 6. The molecular weight excluding hydrogens is 380 g/mol. The van der Waals surface area contributed by atoms with E-state index in [0.29, 0.717) is 4.90 Å². The number of hydrogen-bond acceptors (Lipinski definition) is 5. The molecule has 2 aromatic rings. The van der Waals surface area contributed by atoms with E-state index in [1.807, 2.05) is 6.92 Å². The van der Waals surface area contributed by atoms with Crippen LogP contribution < -0.4 is 9.74 Å². The number of aromatic nitrogens is 1. The van der Waals surface area contributed by atoms with E-state index in [0.717, 1.165) is 29.5 Å². The Bertz CT molecular complexity index is 951. The normalized spacial score (nSPS) is 16.0. The Morgan fingerprint density at radius 1 is 1.26 bits per heavy atom. The van der Waals surface area contributed by atoms with Crippen LogP contribution in [0.4, 0.5) is 8.78 Å². The van der Waals surface area contributed by atoms with E-state index >= 15 is 0 Å². The number of methoxy groups -OCH3 is 1. The van der Waals surface area contributed by atoms with Gasteiger partial charge in [-0.15, -0.1) is 0 Å². The summed E-state index contributed by atoms with van der Waals surface area (Å²) in [7, 11) is 1.11. The molecule has 0 spiro atoms. The standard InChI is InChI=1S/C18H17F2NO5S/c1-11-3-5-12(6-4-11)27(24)26-14-9-15(22)21(10-13(14)16(23)25-2)18(7-8-18)17(19)20/h3-6,9-10,17H,7-8H2,1-2H3. The second kappa shape index (κ2) is 7.22. The van der Waals surface area contributed by atoms with Crippen LogP contribution in [0.3, 0.4) is 0 Å². The first-order chi connectivity index (χ1) is 12.8. The van der Waals surface area contributed by atoms with Gasteiger partial charge in [0.05, 0.1) is 12.0 Å². The molecule has 1 atom stereocenters. The smallest absolute Gasteiger partial charge is 0.343 e. The van der Waals surface area contributed by atoms with E-state index in [9.17, 15) is 22.6 Å². The van der Waals surface area contributed by atoms with Crippen LogP contribution in [0.1, 0.15) is 28.8 Å². The van der Waals surface area contributed by atoms with Gasteiger partial charge in [0.25, 0.3) is 12.0 Å². The van der Waals surface area contributed by atoms with Gasteiger partial charge in [-0.05, 0) is 31.9 Å². The molecule has 0 amide bonds. The maximum absolute atomic E-state index is 13.4. The van der Waals surface area contributed by atoms with Gasteiger partial charge in [0.1, 0.15) is 11.1 Å². The molecule has 0 aliphatic heterocycles. The van der Waals surface area contributed by atoms with Gasteiger partial charge in [-0.25, -0.2) is 17.8 Å². The minimum atomic E-state index is -2.76. The number of ether oxygens (including phenoxy) is 1. The quantitative estimate of drug-likeness (QED) is 0.701. The topological polar surface area (TPSA) is 74.6 Å².